The number of fused-ring (bicyclic) bond motifs is 3. The molecule has 0 spiro atoms. The normalized spacial score (nSPS) is 11.8. The van der Waals surface area contributed by atoms with Crippen molar-refractivity contribution in [1.82, 2.24) is 10.1 Å². The highest BCUT2D eigenvalue weighted by atomic mass is 19.1. The molecule has 5 rings (SSSR count). The molecule has 5 nitrogen and oxygen atoms in total. The largest absolute Gasteiger partial charge is 0.339 e. The van der Waals surface area contributed by atoms with Gasteiger partial charge in [-0.3, -0.25) is 4.79 Å². The Kier molecular flexibility index (Phi) is 4.59. The fourth-order valence-electron chi connectivity index (χ4n) is 3.72. The predicted octanol–water partition coefficient (Wildman–Crippen LogP) is 5.02. The number of carbonyl (C=O) groups excluding carboxylic acids is 1. The molecule has 3 aromatic carbocycles. The SMILES string of the molecule is O=C(CCc1nc(-c2ccc(F)cc2)no1)Nc1ccc2c(c1)-c1ccccc1C2. The molecule has 0 bridgehead atoms. The van der Waals surface area contributed by atoms with E-state index in [1.54, 1.807) is 12.1 Å². The van der Waals surface area contributed by atoms with Crippen LogP contribution in [0.15, 0.2) is 71.3 Å². The third-order valence-corrected chi connectivity index (χ3v) is 5.22. The number of nitrogens with zero attached hydrogens (tertiary/aromatic N) is 2. The number of hydrogen-bond donors (Lipinski definition) is 1. The summed E-state index contributed by atoms with van der Waals surface area (Å²) in [6.07, 6.45) is 1.47. The number of amides is 1. The van der Waals surface area contributed by atoms with Crippen LogP contribution in [0.4, 0.5) is 10.1 Å². The molecule has 1 aliphatic carbocycles. The molecule has 0 saturated heterocycles. The number of aryl methyl sites for hydroxylation is 1. The van der Waals surface area contributed by atoms with E-state index in [9.17, 15) is 9.18 Å². The molecule has 6 heteroatoms. The molecule has 1 amide bonds. The summed E-state index contributed by atoms with van der Waals surface area (Å²) in [5, 5.41) is 6.85. The zero-order chi connectivity index (χ0) is 20.5. The lowest BCUT2D eigenvalue weighted by atomic mass is 10.1. The molecular formula is C24H18FN3O2. The van der Waals surface area contributed by atoms with E-state index in [0.717, 1.165) is 12.1 Å². The minimum Gasteiger partial charge on any atom is -0.339 e. The smallest absolute Gasteiger partial charge is 0.227 e. The van der Waals surface area contributed by atoms with Crippen LogP contribution < -0.4 is 5.32 Å². The number of halogens is 1. The van der Waals surface area contributed by atoms with E-state index in [1.807, 2.05) is 24.3 Å². The molecule has 1 N–H and O–H groups in total. The van der Waals surface area contributed by atoms with Crippen LogP contribution in [0.25, 0.3) is 22.5 Å². The lowest BCUT2D eigenvalue weighted by Gasteiger charge is -2.07. The topological polar surface area (TPSA) is 68.0 Å². The summed E-state index contributed by atoms with van der Waals surface area (Å²) in [5.41, 5.74) is 6.41. The van der Waals surface area contributed by atoms with Gasteiger partial charge in [0.2, 0.25) is 17.6 Å². The number of nitrogens with one attached hydrogen (secondary N) is 1. The minimum absolute atomic E-state index is 0.122. The highest BCUT2D eigenvalue weighted by Crippen LogP contribution is 2.37. The van der Waals surface area contributed by atoms with Crippen LogP contribution in [0.2, 0.25) is 0 Å². The van der Waals surface area contributed by atoms with E-state index in [2.05, 4.69) is 33.7 Å². The highest BCUT2D eigenvalue weighted by molar-refractivity contribution is 5.92. The number of anilines is 1. The molecule has 0 unspecified atom stereocenters. The van der Waals surface area contributed by atoms with Gasteiger partial charge in [-0.2, -0.15) is 4.98 Å². The van der Waals surface area contributed by atoms with Crippen LogP contribution >= 0.6 is 0 Å². The summed E-state index contributed by atoms with van der Waals surface area (Å²) in [7, 11) is 0. The first kappa shape index (κ1) is 18.2. The summed E-state index contributed by atoms with van der Waals surface area (Å²) < 4.78 is 18.2. The standard InChI is InChI=1S/C24H18FN3O2/c25-18-8-5-15(6-9-18)24-27-23(30-28-24)12-11-22(29)26-19-10-7-17-13-16-3-1-2-4-20(16)21(17)14-19/h1-10,14H,11-13H2,(H,26,29). The van der Waals surface area contributed by atoms with Crippen LogP contribution in [0.3, 0.4) is 0 Å². The Balaban J connectivity index is 1.22. The van der Waals surface area contributed by atoms with Crippen LogP contribution in [0.1, 0.15) is 23.4 Å². The summed E-state index contributed by atoms with van der Waals surface area (Å²) >= 11 is 0. The van der Waals surface area contributed by atoms with E-state index < -0.39 is 0 Å². The summed E-state index contributed by atoms with van der Waals surface area (Å²) in [6, 6.07) is 20.2. The maximum Gasteiger partial charge on any atom is 0.227 e. The van der Waals surface area contributed by atoms with Crippen LogP contribution in [0, 0.1) is 5.82 Å². The van der Waals surface area contributed by atoms with Crippen molar-refractivity contribution in [1.29, 1.82) is 0 Å². The molecule has 0 atom stereocenters. The number of aromatic nitrogens is 2. The minimum atomic E-state index is -0.325. The fourth-order valence-corrected chi connectivity index (χ4v) is 3.72. The van der Waals surface area contributed by atoms with Crippen molar-refractivity contribution < 1.29 is 13.7 Å². The molecule has 1 heterocycles. The first-order chi connectivity index (χ1) is 14.7. The first-order valence-electron chi connectivity index (χ1n) is 9.75. The fraction of sp³-hybridized carbons (Fsp3) is 0.125. The molecule has 0 saturated carbocycles. The molecule has 0 aliphatic heterocycles. The van der Waals surface area contributed by atoms with Gasteiger partial charge in [-0.05, 0) is 65.1 Å². The Hall–Kier alpha value is -3.80. The van der Waals surface area contributed by atoms with E-state index >= 15 is 0 Å². The first-order valence-corrected chi connectivity index (χ1v) is 9.75. The van der Waals surface area contributed by atoms with Gasteiger partial charge in [-0.15, -0.1) is 0 Å². The Morgan fingerprint density at radius 2 is 1.80 bits per heavy atom. The van der Waals surface area contributed by atoms with Crippen molar-refractivity contribution in [3.05, 3.63) is 89.6 Å². The van der Waals surface area contributed by atoms with E-state index in [4.69, 9.17) is 4.52 Å². The van der Waals surface area contributed by atoms with Gasteiger partial charge in [0, 0.05) is 24.1 Å². The van der Waals surface area contributed by atoms with Gasteiger partial charge in [0.05, 0.1) is 0 Å². The lowest BCUT2D eigenvalue weighted by Crippen LogP contribution is -2.12. The Morgan fingerprint density at radius 3 is 2.67 bits per heavy atom. The monoisotopic (exact) mass is 399 g/mol. The maximum absolute atomic E-state index is 13.0. The third-order valence-electron chi connectivity index (χ3n) is 5.22. The predicted molar refractivity (Wildman–Crippen MR) is 111 cm³/mol. The Bertz CT molecular complexity index is 1230. The molecule has 30 heavy (non-hydrogen) atoms. The molecule has 1 aromatic heterocycles. The van der Waals surface area contributed by atoms with E-state index in [1.165, 1.54) is 34.4 Å². The van der Waals surface area contributed by atoms with Crippen LogP contribution in [-0.2, 0) is 17.6 Å². The second-order valence-electron chi connectivity index (χ2n) is 7.27. The molecule has 0 fully saturated rings. The average Bonchev–Trinajstić information content (AvgIpc) is 3.37. The number of carbonyl (C=O) groups is 1. The van der Waals surface area contributed by atoms with Gasteiger partial charge in [0.15, 0.2) is 0 Å². The zero-order valence-corrected chi connectivity index (χ0v) is 16.1. The summed E-state index contributed by atoms with van der Waals surface area (Å²) in [5.74, 6) is 0.298. The summed E-state index contributed by atoms with van der Waals surface area (Å²) in [4.78, 5) is 16.7. The van der Waals surface area contributed by atoms with Crippen LogP contribution in [-0.4, -0.2) is 16.0 Å². The van der Waals surface area contributed by atoms with Crippen molar-refractivity contribution in [2.75, 3.05) is 5.32 Å². The number of hydrogen-bond acceptors (Lipinski definition) is 4. The van der Waals surface area contributed by atoms with E-state index in [0.29, 0.717) is 23.7 Å². The van der Waals surface area contributed by atoms with Gasteiger partial charge in [0.25, 0.3) is 0 Å². The third kappa shape index (κ3) is 3.59. The number of rotatable bonds is 5. The molecule has 1 aliphatic rings. The molecular weight excluding hydrogens is 381 g/mol. The van der Waals surface area contributed by atoms with Gasteiger partial charge in [-0.1, -0.05) is 35.5 Å². The van der Waals surface area contributed by atoms with Crippen molar-refractivity contribution in [3.63, 3.8) is 0 Å². The number of benzene rings is 3. The van der Waals surface area contributed by atoms with Crippen molar-refractivity contribution in [2.45, 2.75) is 19.3 Å². The lowest BCUT2D eigenvalue weighted by molar-refractivity contribution is -0.116. The van der Waals surface area contributed by atoms with Crippen molar-refractivity contribution >= 4 is 11.6 Å². The van der Waals surface area contributed by atoms with Gasteiger partial charge < -0.3 is 9.84 Å². The van der Waals surface area contributed by atoms with Gasteiger partial charge in [0.1, 0.15) is 5.82 Å². The molecule has 148 valence electrons. The van der Waals surface area contributed by atoms with Crippen molar-refractivity contribution in [2.24, 2.45) is 0 Å². The highest BCUT2D eigenvalue weighted by Gasteiger charge is 2.18. The molecule has 0 radical (unpaired) electrons. The summed E-state index contributed by atoms with van der Waals surface area (Å²) in [6.45, 7) is 0. The quantitative estimate of drug-likeness (QED) is 0.451. The Labute approximate surface area is 172 Å². The van der Waals surface area contributed by atoms with E-state index in [-0.39, 0.29) is 18.1 Å². The second-order valence-corrected chi connectivity index (χ2v) is 7.27. The van der Waals surface area contributed by atoms with Crippen LogP contribution in [0.5, 0.6) is 0 Å². The average molecular weight is 399 g/mol. The second kappa shape index (κ2) is 7.55. The van der Waals surface area contributed by atoms with Gasteiger partial charge >= 0.3 is 0 Å². The zero-order valence-electron chi connectivity index (χ0n) is 16.1. The van der Waals surface area contributed by atoms with Crippen molar-refractivity contribution in [3.8, 4) is 22.5 Å². The Morgan fingerprint density at radius 1 is 1.00 bits per heavy atom. The van der Waals surface area contributed by atoms with Gasteiger partial charge in [-0.25, -0.2) is 4.39 Å². The molecule has 4 aromatic rings. The maximum atomic E-state index is 13.0.